The third-order valence-electron chi connectivity index (χ3n) is 6.15. The first-order valence-corrected chi connectivity index (χ1v) is 10.9. The summed E-state index contributed by atoms with van der Waals surface area (Å²) in [7, 11) is 1.46. The molecule has 2 N–H and O–H groups in total. The van der Waals surface area contributed by atoms with Gasteiger partial charge in [-0.15, -0.1) is 0 Å². The predicted octanol–water partition coefficient (Wildman–Crippen LogP) is 3.52. The van der Waals surface area contributed by atoms with Crippen molar-refractivity contribution in [3.05, 3.63) is 108 Å². The van der Waals surface area contributed by atoms with Crippen molar-refractivity contribution in [3.8, 4) is 0 Å². The van der Waals surface area contributed by atoms with E-state index in [0.29, 0.717) is 12.1 Å². The third-order valence-corrected chi connectivity index (χ3v) is 6.15. The van der Waals surface area contributed by atoms with Crippen molar-refractivity contribution in [2.45, 2.75) is 24.3 Å². The smallest absolute Gasteiger partial charge is 0.244 e. The van der Waals surface area contributed by atoms with Gasteiger partial charge in [-0.25, -0.2) is 0 Å². The van der Waals surface area contributed by atoms with Gasteiger partial charge in [-0.1, -0.05) is 96.2 Å². The Morgan fingerprint density at radius 1 is 0.939 bits per heavy atom. The highest BCUT2D eigenvalue weighted by Gasteiger charge is 2.52. The number of primary amides is 1. The maximum atomic E-state index is 14.2. The molecule has 2 amide bonds. The van der Waals surface area contributed by atoms with Gasteiger partial charge in [0.1, 0.15) is 12.6 Å². The fourth-order valence-corrected chi connectivity index (χ4v) is 4.62. The monoisotopic (exact) mass is 441 g/mol. The number of benzene rings is 3. The van der Waals surface area contributed by atoms with Crippen molar-refractivity contribution < 1.29 is 14.4 Å². The van der Waals surface area contributed by atoms with Crippen LogP contribution in [0.2, 0.25) is 0 Å². The van der Waals surface area contributed by atoms with Gasteiger partial charge in [0, 0.05) is 12.8 Å². The molecule has 3 aromatic rings. The fourth-order valence-electron chi connectivity index (χ4n) is 4.62. The minimum absolute atomic E-state index is 0.179. The first kappa shape index (κ1) is 22.3. The van der Waals surface area contributed by atoms with E-state index < -0.39 is 17.4 Å². The summed E-state index contributed by atoms with van der Waals surface area (Å²) in [4.78, 5) is 33.9. The molecular weight excluding hydrogens is 414 g/mol. The number of amides is 2. The Hall–Kier alpha value is -3.93. The van der Waals surface area contributed by atoms with E-state index >= 15 is 0 Å². The quantitative estimate of drug-likeness (QED) is 0.570. The lowest BCUT2D eigenvalue weighted by molar-refractivity contribution is -0.144. The Kier molecular flexibility index (Phi) is 6.54. The van der Waals surface area contributed by atoms with Crippen LogP contribution in [0.25, 0.3) is 0 Å². The topological polar surface area (TPSA) is 85.0 Å². The van der Waals surface area contributed by atoms with Crippen molar-refractivity contribution >= 4 is 17.5 Å². The molecule has 1 aliphatic rings. The Labute approximate surface area is 193 Å². The molecule has 1 saturated heterocycles. The van der Waals surface area contributed by atoms with Gasteiger partial charge in [0.15, 0.2) is 0 Å². The van der Waals surface area contributed by atoms with E-state index in [-0.39, 0.29) is 18.9 Å². The highest BCUT2D eigenvalue weighted by molar-refractivity contribution is 6.05. The number of nitrogens with zero attached hydrogens (tertiary/aromatic N) is 2. The van der Waals surface area contributed by atoms with Crippen molar-refractivity contribution in [2.24, 2.45) is 10.9 Å². The second-order valence-corrected chi connectivity index (χ2v) is 8.25. The lowest BCUT2D eigenvalue weighted by Crippen LogP contribution is -2.58. The van der Waals surface area contributed by atoms with E-state index in [2.05, 4.69) is 5.16 Å². The average molecular weight is 442 g/mol. The van der Waals surface area contributed by atoms with Crippen LogP contribution < -0.4 is 5.73 Å². The standard InChI is InChI=1S/C27H27N3O3/c1-33-29-23-18-27(26(28)32,17-20-11-5-2-6-12-20)30(19-23)25(31)24(21-13-7-3-8-14-21)22-15-9-4-10-16-22/h2-16,24H,17-19H2,1H3,(H2,28,32). The number of oxime groups is 1. The third kappa shape index (κ3) is 4.51. The van der Waals surface area contributed by atoms with Crippen LogP contribution in [0.3, 0.4) is 0 Å². The van der Waals surface area contributed by atoms with E-state index in [4.69, 9.17) is 10.6 Å². The number of nitrogens with two attached hydrogens (primary N) is 1. The van der Waals surface area contributed by atoms with Crippen molar-refractivity contribution in [2.75, 3.05) is 13.7 Å². The summed E-state index contributed by atoms with van der Waals surface area (Å²) in [6.07, 6.45) is 0.529. The van der Waals surface area contributed by atoms with E-state index in [1.165, 1.54) is 7.11 Å². The summed E-state index contributed by atoms with van der Waals surface area (Å²) in [5, 5.41) is 4.10. The lowest BCUT2D eigenvalue weighted by Gasteiger charge is -2.37. The summed E-state index contributed by atoms with van der Waals surface area (Å²) in [5.41, 5.74) is 8.01. The minimum atomic E-state index is -1.24. The molecule has 0 saturated carbocycles. The second-order valence-electron chi connectivity index (χ2n) is 8.25. The Bertz CT molecular complexity index is 1090. The SMILES string of the molecule is CON=C1CN(C(=O)C(c2ccccc2)c2ccccc2)C(Cc2ccccc2)(C(N)=O)C1. The highest BCUT2D eigenvalue weighted by Crippen LogP contribution is 2.37. The number of carbonyl (C=O) groups is 2. The summed E-state index contributed by atoms with van der Waals surface area (Å²) < 4.78 is 0. The molecule has 168 valence electrons. The molecule has 1 unspecified atom stereocenters. The van der Waals surface area contributed by atoms with Gasteiger partial charge in [0.25, 0.3) is 0 Å². The molecule has 33 heavy (non-hydrogen) atoms. The van der Waals surface area contributed by atoms with Gasteiger partial charge in [-0.05, 0) is 16.7 Å². The molecule has 0 aliphatic carbocycles. The van der Waals surface area contributed by atoms with Gasteiger partial charge in [-0.3, -0.25) is 9.59 Å². The molecule has 1 aliphatic heterocycles. The molecular formula is C27H27N3O3. The van der Waals surface area contributed by atoms with E-state index in [1.807, 2.05) is 91.0 Å². The maximum Gasteiger partial charge on any atom is 0.244 e. The number of hydrogen-bond donors (Lipinski definition) is 1. The number of likely N-dealkylation sites (tertiary alicyclic amines) is 1. The van der Waals surface area contributed by atoms with Crippen LogP contribution in [-0.4, -0.2) is 41.6 Å². The van der Waals surface area contributed by atoms with Gasteiger partial charge in [-0.2, -0.15) is 0 Å². The molecule has 1 atom stereocenters. The van der Waals surface area contributed by atoms with Crippen LogP contribution in [0.15, 0.2) is 96.2 Å². The van der Waals surface area contributed by atoms with Crippen molar-refractivity contribution in [1.29, 1.82) is 0 Å². The first-order chi connectivity index (χ1) is 16.0. The van der Waals surface area contributed by atoms with Crippen LogP contribution in [0.1, 0.15) is 29.0 Å². The molecule has 6 nitrogen and oxygen atoms in total. The largest absolute Gasteiger partial charge is 0.399 e. The molecule has 4 rings (SSSR count). The van der Waals surface area contributed by atoms with Crippen LogP contribution in [0.5, 0.6) is 0 Å². The summed E-state index contributed by atoms with van der Waals surface area (Å²) in [6, 6.07) is 28.8. The number of carbonyl (C=O) groups excluding carboxylic acids is 2. The molecule has 1 fully saturated rings. The maximum absolute atomic E-state index is 14.2. The summed E-state index contributed by atoms with van der Waals surface area (Å²) >= 11 is 0. The van der Waals surface area contributed by atoms with Gasteiger partial charge >= 0.3 is 0 Å². The zero-order chi connectivity index (χ0) is 23.3. The minimum Gasteiger partial charge on any atom is -0.399 e. The lowest BCUT2D eigenvalue weighted by atomic mass is 9.84. The average Bonchev–Trinajstić information content (AvgIpc) is 3.21. The molecule has 1 heterocycles. The second kappa shape index (κ2) is 9.69. The number of rotatable bonds is 7. The molecule has 0 radical (unpaired) electrons. The van der Waals surface area contributed by atoms with E-state index in [0.717, 1.165) is 16.7 Å². The Morgan fingerprint density at radius 2 is 1.45 bits per heavy atom. The number of hydrogen-bond acceptors (Lipinski definition) is 4. The van der Waals surface area contributed by atoms with Gasteiger partial charge < -0.3 is 15.5 Å². The van der Waals surface area contributed by atoms with E-state index in [1.54, 1.807) is 4.90 Å². The van der Waals surface area contributed by atoms with Crippen LogP contribution in [0, 0.1) is 0 Å². The highest BCUT2D eigenvalue weighted by atomic mass is 16.6. The zero-order valence-corrected chi connectivity index (χ0v) is 18.6. The zero-order valence-electron chi connectivity index (χ0n) is 18.6. The normalized spacial score (nSPS) is 19.1. The van der Waals surface area contributed by atoms with Crippen LogP contribution >= 0.6 is 0 Å². The van der Waals surface area contributed by atoms with Crippen molar-refractivity contribution in [1.82, 2.24) is 4.90 Å². The van der Waals surface area contributed by atoms with Gasteiger partial charge in [0.05, 0.1) is 18.2 Å². The molecule has 0 aromatic heterocycles. The first-order valence-electron chi connectivity index (χ1n) is 10.9. The fraction of sp³-hybridized carbons (Fsp3) is 0.222. The van der Waals surface area contributed by atoms with E-state index in [9.17, 15) is 9.59 Å². The molecule has 0 spiro atoms. The summed E-state index contributed by atoms with van der Waals surface area (Å²) in [5.74, 6) is -1.33. The summed E-state index contributed by atoms with van der Waals surface area (Å²) in [6.45, 7) is 0.179. The molecule has 3 aromatic carbocycles. The molecule has 6 heteroatoms. The van der Waals surface area contributed by atoms with Crippen LogP contribution in [0.4, 0.5) is 0 Å². The predicted molar refractivity (Wildman–Crippen MR) is 128 cm³/mol. The van der Waals surface area contributed by atoms with Gasteiger partial charge in [0.2, 0.25) is 11.8 Å². The Balaban J connectivity index is 1.82. The van der Waals surface area contributed by atoms with Crippen molar-refractivity contribution in [3.63, 3.8) is 0 Å². The van der Waals surface area contributed by atoms with Crippen LogP contribution in [-0.2, 0) is 20.8 Å². The molecule has 0 bridgehead atoms. The Morgan fingerprint density at radius 3 is 1.94 bits per heavy atom.